The highest BCUT2D eigenvalue weighted by molar-refractivity contribution is 7.16. The summed E-state index contributed by atoms with van der Waals surface area (Å²) in [4.78, 5) is 22.4. The Kier molecular flexibility index (Phi) is 5.87. The molecule has 0 aliphatic heterocycles. The average Bonchev–Trinajstić information content (AvgIpc) is 3.02. The maximum Gasteiger partial charge on any atom is 0.324 e. The third kappa shape index (κ3) is 5.68. The zero-order valence-electron chi connectivity index (χ0n) is 14.2. The summed E-state index contributed by atoms with van der Waals surface area (Å²) in [5.41, 5.74) is 3.55. The number of hydrogen-bond donors (Lipinski definition) is 1. The van der Waals surface area contributed by atoms with Gasteiger partial charge in [0.05, 0.1) is 16.0 Å². The van der Waals surface area contributed by atoms with Crippen LogP contribution in [0.4, 0.5) is 5.00 Å². The van der Waals surface area contributed by atoms with Gasteiger partial charge in [0.2, 0.25) is 0 Å². The molecule has 0 saturated carbocycles. The lowest BCUT2D eigenvalue weighted by molar-refractivity contribution is -0.380. The summed E-state index contributed by atoms with van der Waals surface area (Å²) in [6.45, 7) is 6.19. The van der Waals surface area contributed by atoms with Crippen LogP contribution >= 0.6 is 11.3 Å². The molecule has 0 spiro atoms. The van der Waals surface area contributed by atoms with E-state index in [-0.39, 0.29) is 17.0 Å². The van der Waals surface area contributed by atoms with Crippen LogP contribution in [0.25, 0.3) is 0 Å². The van der Waals surface area contributed by atoms with Crippen molar-refractivity contribution in [2.75, 3.05) is 6.61 Å². The molecular weight excluding hydrogens is 342 g/mol. The number of benzene rings is 1. The van der Waals surface area contributed by atoms with E-state index in [4.69, 9.17) is 4.74 Å². The van der Waals surface area contributed by atoms with E-state index < -0.39 is 10.8 Å². The lowest BCUT2D eigenvalue weighted by Crippen LogP contribution is -2.24. The molecule has 0 fully saturated rings. The number of hydrazone groups is 1. The van der Waals surface area contributed by atoms with Gasteiger partial charge in [-0.2, -0.15) is 5.10 Å². The largest absolute Gasteiger partial charge is 0.484 e. The van der Waals surface area contributed by atoms with Crippen LogP contribution in [0.5, 0.6) is 5.75 Å². The number of rotatable bonds is 6. The van der Waals surface area contributed by atoms with E-state index in [0.717, 1.165) is 11.3 Å². The predicted molar refractivity (Wildman–Crippen MR) is 97.3 cm³/mol. The first-order valence-electron chi connectivity index (χ1n) is 7.55. The smallest absolute Gasteiger partial charge is 0.324 e. The molecule has 0 unspecified atom stereocenters. The molecule has 1 heterocycles. The Balaban J connectivity index is 1.80. The molecule has 0 bridgehead atoms. The van der Waals surface area contributed by atoms with Crippen molar-refractivity contribution in [2.45, 2.75) is 26.2 Å². The summed E-state index contributed by atoms with van der Waals surface area (Å²) < 4.78 is 5.40. The van der Waals surface area contributed by atoms with Crippen LogP contribution in [0.15, 0.2) is 41.5 Å². The second-order valence-electron chi connectivity index (χ2n) is 6.29. The number of hydrogen-bond acceptors (Lipinski definition) is 6. The fourth-order valence-electron chi connectivity index (χ4n) is 1.91. The molecule has 1 aromatic carbocycles. The normalized spacial score (nSPS) is 11.5. The number of thiophene rings is 1. The molecular formula is C17H19N3O4S. The molecule has 25 heavy (non-hydrogen) atoms. The van der Waals surface area contributed by atoms with Gasteiger partial charge >= 0.3 is 5.00 Å². The van der Waals surface area contributed by atoms with E-state index in [1.807, 2.05) is 24.3 Å². The number of carbonyl (C=O) groups excluding carboxylic acids is 1. The van der Waals surface area contributed by atoms with Crippen molar-refractivity contribution < 1.29 is 14.5 Å². The molecule has 8 heteroatoms. The Labute approximate surface area is 149 Å². The fourth-order valence-corrected chi connectivity index (χ4v) is 2.60. The van der Waals surface area contributed by atoms with E-state index >= 15 is 0 Å². The van der Waals surface area contributed by atoms with Crippen LogP contribution in [0.3, 0.4) is 0 Å². The number of carbonyl (C=O) groups is 1. The van der Waals surface area contributed by atoms with E-state index in [1.54, 1.807) is 6.07 Å². The minimum atomic E-state index is -0.473. The lowest BCUT2D eigenvalue weighted by Gasteiger charge is -2.19. The standard InChI is InChI=1S/C17H19N3O4S/c1-17(2,3)12-4-6-13(7-5-12)24-11-15(21)19-18-10-14-8-9-16(25-14)20(22)23/h4-10H,11H2,1-3H3,(H,19,21)/b18-10+. The molecule has 0 atom stereocenters. The van der Waals surface area contributed by atoms with Crippen molar-refractivity contribution in [1.82, 2.24) is 5.43 Å². The number of nitro groups is 1. The Morgan fingerprint density at radius 1 is 1.28 bits per heavy atom. The van der Waals surface area contributed by atoms with Gasteiger partial charge in [-0.3, -0.25) is 14.9 Å². The van der Waals surface area contributed by atoms with Gasteiger partial charge in [0, 0.05) is 6.07 Å². The predicted octanol–water partition coefficient (Wildman–Crippen LogP) is 3.48. The lowest BCUT2D eigenvalue weighted by atomic mass is 9.87. The third-order valence-corrected chi connectivity index (χ3v) is 4.24. The minimum absolute atomic E-state index is 0.0230. The van der Waals surface area contributed by atoms with Gasteiger partial charge < -0.3 is 4.74 Å². The van der Waals surface area contributed by atoms with Crippen LogP contribution in [0.1, 0.15) is 31.2 Å². The zero-order chi connectivity index (χ0) is 18.4. The van der Waals surface area contributed by atoms with Gasteiger partial charge in [-0.15, -0.1) is 0 Å². The zero-order valence-corrected chi connectivity index (χ0v) is 15.0. The molecule has 0 saturated heterocycles. The van der Waals surface area contributed by atoms with Gasteiger partial charge in [0.25, 0.3) is 5.91 Å². The van der Waals surface area contributed by atoms with E-state index in [1.165, 1.54) is 17.8 Å². The molecule has 0 radical (unpaired) electrons. The van der Waals surface area contributed by atoms with Crippen molar-refractivity contribution >= 4 is 28.5 Å². The van der Waals surface area contributed by atoms with Crippen molar-refractivity contribution in [3.63, 3.8) is 0 Å². The van der Waals surface area contributed by atoms with Gasteiger partial charge in [0.1, 0.15) is 5.75 Å². The average molecular weight is 361 g/mol. The van der Waals surface area contributed by atoms with E-state index in [2.05, 4.69) is 31.3 Å². The Bertz CT molecular complexity index is 776. The van der Waals surface area contributed by atoms with Crippen molar-refractivity contribution in [3.8, 4) is 5.75 Å². The maximum atomic E-state index is 11.7. The minimum Gasteiger partial charge on any atom is -0.484 e. The Morgan fingerprint density at radius 3 is 2.52 bits per heavy atom. The number of amides is 1. The van der Waals surface area contributed by atoms with E-state index in [0.29, 0.717) is 10.6 Å². The Hall–Kier alpha value is -2.74. The highest BCUT2D eigenvalue weighted by atomic mass is 32.1. The molecule has 2 rings (SSSR count). The van der Waals surface area contributed by atoms with Crippen LogP contribution < -0.4 is 10.2 Å². The van der Waals surface area contributed by atoms with Gasteiger partial charge in [-0.1, -0.05) is 44.2 Å². The summed E-state index contributed by atoms with van der Waals surface area (Å²) in [5, 5.41) is 14.4. The molecule has 132 valence electrons. The third-order valence-electron chi connectivity index (χ3n) is 3.26. The second kappa shape index (κ2) is 7.89. The monoisotopic (exact) mass is 361 g/mol. The summed E-state index contributed by atoms with van der Waals surface area (Å²) in [6, 6.07) is 10.5. The second-order valence-corrected chi connectivity index (χ2v) is 7.38. The fraction of sp³-hybridized carbons (Fsp3) is 0.294. The molecule has 0 aliphatic rings. The van der Waals surface area contributed by atoms with Crippen molar-refractivity contribution in [3.05, 3.63) is 57.0 Å². The molecule has 2 aromatic rings. The maximum absolute atomic E-state index is 11.7. The number of nitrogens with zero attached hydrogens (tertiary/aromatic N) is 2. The molecule has 1 N–H and O–H groups in total. The first kappa shape index (κ1) is 18.6. The number of nitrogens with one attached hydrogen (secondary N) is 1. The van der Waals surface area contributed by atoms with Crippen LogP contribution in [0.2, 0.25) is 0 Å². The summed E-state index contributed by atoms with van der Waals surface area (Å²) >= 11 is 0.975. The van der Waals surface area contributed by atoms with Crippen molar-refractivity contribution in [1.29, 1.82) is 0 Å². The van der Waals surface area contributed by atoms with Gasteiger partial charge in [0.15, 0.2) is 6.61 Å². The summed E-state index contributed by atoms with van der Waals surface area (Å²) in [6.07, 6.45) is 1.35. The van der Waals surface area contributed by atoms with Gasteiger partial charge in [-0.25, -0.2) is 5.43 Å². The molecule has 1 amide bonds. The first-order chi connectivity index (χ1) is 11.8. The molecule has 1 aromatic heterocycles. The molecule has 0 aliphatic carbocycles. The van der Waals surface area contributed by atoms with E-state index in [9.17, 15) is 14.9 Å². The Morgan fingerprint density at radius 2 is 1.96 bits per heavy atom. The van der Waals surface area contributed by atoms with Crippen LogP contribution in [-0.2, 0) is 10.2 Å². The van der Waals surface area contributed by atoms with Crippen LogP contribution in [0, 0.1) is 10.1 Å². The SMILES string of the molecule is CC(C)(C)c1ccc(OCC(=O)N/N=C/c2ccc([N+](=O)[O-])s2)cc1. The summed E-state index contributed by atoms with van der Waals surface area (Å²) in [5.74, 6) is 0.184. The molecule has 7 nitrogen and oxygen atoms in total. The highest BCUT2D eigenvalue weighted by Crippen LogP contribution is 2.24. The topological polar surface area (TPSA) is 93.8 Å². The highest BCUT2D eigenvalue weighted by Gasteiger charge is 2.13. The van der Waals surface area contributed by atoms with Crippen LogP contribution in [-0.4, -0.2) is 23.7 Å². The van der Waals surface area contributed by atoms with Gasteiger partial charge in [-0.05, 0) is 29.2 Å². The summed E-state index contributed by atoms with van der Waals surface area (Å²) in [7, 11) is 0. The first-order valence-corrected chi connectivity index (χ1v) is 8.37. The quantitative estimate of drug-likeness (QED) is 0.484. The number of ether oxygens (including phenoxy) is 1. The van der Waals surface area contributed by atoms with Crippen molar-refractivity contribution in [2.24, 2.45) is 5.10 Å².